The van der Waals surface area contributed by atoms with Gasteiger partial charge in [-0.1, -0.05) is 54.4 Å². The third-order valence-electron chi connectivity index (χ3n) is 10.6. The highest BCUT2D eigenvalue weighted by atomic mass is 32.2. The molecule has 0 bridgehead atoms. The lowest BCUT2D eigenvalue weighted by Gasteiger charge is -2.59. The van der Waals surface area contributed by atoms with Crippen molar-refractivity contribution in [1.29, 1.82) is 0 Å². The second-order valence-corrected chi connectivity index (χ2v) is 15.2. The van der Waals surface area contributed by atoms with Gasteiger partial charge in [-0.15, -0.1) is 24.9 Å². The summed E-state index contributed by atoms with van der Waals surface area (Å²) in [4.78, 5) is 22.3. The van der Waals surface area contributed by atoms with Gasteiger partial charge < -0.3 is 38.9 Å². The topological polar surface area (TPSA) is 119 Å². The van der Waals surface area contributed by atoms with E-state index in [4.69, 9.17) is 28.9 Å². The molecule has 11 heteroatoms. The van der Waals surface area contributed by atoms with Gasteiger partial charge in [-0.2, -0.15) is 0 Å². The van der Waals surface area contributed by atoms with E-state index in [0.29, 0.717) is 44.6 Å². The van der Waals surface area contributed by atoms with Crippen LogP contribution in [0.5, 0.6) is 11.5 Å². The van der Waals surface area contributed by atoms with Crippen molar-refractivity contribution in [3.63, 3.8) is 0 Å². The molecule has 6 atom stereocenters. The van der Waals surface area contributed by atoms with Gasteiger partial charge in [-0.3, -0.25) is 0 Å². The number of fused-ring (bicyclic) bond motifs is 2. The van der Waals surface area contributed by atoms with Gasteiger partial charge in [-0.25, -0.2) is 4.79 Å². The molecule has 54 heavy (non-hydrogen) atoms. The van der Waals surface area contributed by atoms with Crippen molar-refractivity contribution in [1.82, 2.24) is 4.90 Å². The number of benzene rings is 2. The number of ether oxygens (including phenoxy) is 4. The van der Waals surface area contributed by atoms with E-state index in [1.807, 2.05) is 37.3 Å². The Morgan fingerprint density at radius 2 is 1.83 bits per heavy atom. The summed E-state index contributed by atoms with van der Waals surface area (Å²) in [6.07, 6.45) is 10.9. The molecular weight excluding hydrogens is 705 g/mol. The zero-order valence-electron chi connectivity index (χ0n) is 31.9. The number of aliphatic hydroxyl groups excluding tert-OH is 2. The highest BCUT2D eigenvalue weighted by Crippen LogP contribution is 2.61. The molecule has 1 saturated carbocycles. The van der Waals surface area contributed by atoms with Crippen LogP contribution in [0.2, 0.25) is 0 Å². The SMILES string of the molecule is C=CCCOC(=O)N(C)C1CC(=NOCC)C2=CC(CCCCO)C(CCCCO)C3c4cc(OCCSc5ccccc5)ccc4OC1(OCC=C)C23. The van der Waals surface area contributed by atoms with Crippen molar-refractivity contribution in [2.24, 2.45) is 22.9 Å². The average molecular weight is 763 g/mol. The van der Waals surface area contributed by atoms with E-state index < -0.39 is 17.9 Å². The van der Waals surface area contributed by atoms with Crippen LogP contribution in [0.1, 0.15) is 69.8 Å². The fourth-order valence-electron chi connectivity index (χ4n) is 8.25. The first kappa shape index (κ1) is 41.4. The Bertz CT molecular complexity index is 1580. The summed E-state index contributed by atoms with van der Waals surface area (Å²) in [6, 6.07) is 15.7. The van der Waals surface area contributed by atoms with Gasteiger partial charge in [0.1, 0.15) is 24.1 Å². The first-order chi connectivity index (χ1) is 26.4. The van der Waals surface area contributed by atoms with Crippen molar-refractivity contribution < 1.29 is 38.8 Å². The molecule has 2 aromatic rings. The largest absolute Gasteiger partial charge is 0.493 e. The van der Waals surface area contributed by atoms with E-state index in [-0.39, 0.29) is 50.1 Å². The Hall–Kier alpha value is -3.77. The van der Waals surface area contributed by atoms with Gasteiger partial charge in [0.15, 0.2) is 0 Å². The van der Waals surface area contributed by atoms with Crippen molar-refractivity contribution >= 4 is 23.6 Å². The molecule has 0 radical (unpaired) electrons. The van der Waals surface area contributed by atoms with E-state index in [2.05, 4.69) is 37.4 Å². The Morgan fingerprint density at radius 1 is 1.06 bits per heavy atom. The van der Waals surface area contributed by atoms with Gasteiger partial charge in [-0.05, 0) is 86.8 Å². The van der Waals surface area contributed by atoms with Gasteiger partial charge >= 0.3 is 6.09 Å². The minimum Gasteiger partial charge on any atom is -0.493 e. The Morgan fingerprint density at radius 3 is 2.56 bits per heavy atom. The van der Waals surface area contributed by atoms with Crippen LogP contribution >= 0.6 is 11.8 Å². The fourth-order valence-corrected chi connectivity index (χ4v) is 9.01. The first-order valence-electron chi connectivity index (χ1n) is 19.4. The molecular formula is C43H58N2O8S. The number of oxime groups is 1. The molecule has 2 N–H and O–H groups in total. The van der Waals surface area contributed by atoms with Crippen LogP contribution < -0.4 is 9.47 Å². The van der Waals surface area contributed by atoms with Crippen LogP contribution in [0, 0.1) is 17.8 Å². The number of hydrogen-bond acceptors (Lipinski definition) is 10. The number of likely N-dealkylation sites (N-methyl/N-ethyl adjacent to an activating group) is 1. The van der Waals surface area contributed by atoms with Crippen molar-refractivity contribution in [2.45, 2.75) is 80.9 Å². The summed E-state index contributed by atoms with van der Waals surface area (Å²) in [5, 5.41) is 24.3. The predicted molar refractivity (Wildman–Crippen MR) is 213 cm³/mol. The van der Waals surface area contributed by atoms with Crippen molar-refractivity contribution in [3.05, 3.63) is 91.1 Å². The summed E-state index contributed by atoms with van der Waals surface area (Å²) < 4.78 is 26.1. The number of amides is 1. The fraction of sp³-hybridized carbons (Fsp3) is 0.535. The molecule has 294 valence electrons. The third kappa shape index (κ3) is 9.72. The minimum atomic E-state index is -1.32. The van der Waals surface area contributed by atoms with Crippen LogP contribution in [-0.2, 0) is 14.3 Å². The van der Waals surface area contributed by atoms with Gasteiger partial charge in [0.25, 0.3) is 0 Å². The Kier molecular flexibility index (Phi) is 15.9. The summed E-state index contributed by atoms with van der Waals surface area (Å²) in [5.74, 6) is 0.658. The van der Waals surface area contributed by atoms with Gasteiger partial charge in [0.2, 0.25) is 5.79 Å². The standard InChI is InChI=1S/C43H58N2O8S/c1-5-8-25-50-42(48)45(4)39-30-37(44-52-7-3)35-28-31(16-12-14-22-46)34(19-13-15-23-47)40-36-29-32(49-26-27-54-33-17-10-9-11-18-33)20-21-38(36)53-43(39,41(35)40)51-24-6-2/h5-6,9-11,17-18,20-21,28-29,31,34,39-41,46-47H,1-2,7-8,12-16,19,22-27,30H2,3-4H3. The van der Waals surface area contributed by atoms with Crippen LogP contribution in [-0.4, -0.2) is 91.2 Å². The Balaban J connectivity index is 1.64. The van der Waals surface area contributed by atoms with Crippen LogP contribution in [0.15, 0.2) is 95.5 Å². The molecule has 1 aliphatic heterocycles. The number of rotatable bonds is 22. The third-order valence-corrected chi connectivity index (χ3v) is 11.6. The van der Waals surface area contributed by atoms with Crippen molar-refractivity contribution in [3.8, 4) is 11.5 Å². The van der Waals surface area contributed by atoms with Gasteiger partial charge in [0.05, 0.1) is 31.5 Å². The number of hydrogen-bond donors (Lipinski definition) is 2. The monoisotopic (exact) mass is 762 g/mol. The molecule has 0 spiro atoms. The van der Waals surface area contributed by atoms with E-state index in [9.17, 15) is 15.0 Å². The molecule has 0 aromatic heterocycles. The summed E-state index contributed by atoms with van der Waals surface area (Å²) in [6.45, 7) is 11.2. The molecule has 10 nitrogen and oxygen atoms in total. The quantitative estimate of drug-likeness (QED) is 0.0530. The maximum Gasteiger partial charge on any atom is 0.409 e. The number of nitrogens with zero attached hydrogens (tertiary/aromatic N) is 2. The van der Waals surface area contributed by atoms with E-state index >= 15 is 0 Å². The molecule has 6 unspecified atom stereocenters. The summed E-state index contributed by atoms with van der Waals surface area (Å²) >= 11 is 1.75. The van der Waals surface area contributed by atoms with E-state index in [0.717, 1.165) is 54.0 Å². The summed E-state index contributed by atoms with van der Waals surface area (Å²) in [5.41, 5.74) is 2.76. The number of allylic oxidation sites excluding steroid dienone is 1. The molecule has 1 fully saturated rings. The van der Waals surface area contributed by atoms with Crippen molar-refractivity contribution in [2.75, 3.05) is 52.4 Å². The lowest BCUT2D eigenvalue weighted by atomic mass is 9.55. The molecule has 2 aromatic carbocycles. The maximum atomic E-state index is 13.7. The number of aliphatic hydroxyl groups is 2. The maximum absolute atomic E-state index is 13.7. The molecule has 3 aliphatic rings. The molecule has 2 aliphatic carbocycles. The number of carbonyl (C=O) groups excluding carboxylic acids is 1. The van der Waals surface area contributed by atoms with Crippen LogP contribution in [0.4, 0.5) is 4.79 Å². The van der Waals surface area contributed by atoms with Gasteiger partial charge in [0, 0.05) is 48.8 Å². The smallest absolute Gasteiger partial charge is 0.409 e. The molecule has 1 amide bonds. The normalized spacial score (nSPS) is 24.7. The minimum absolute atomic E-state index is 0.119. The Labute approximate surface area is 325 Å². The predicted octanol–water partition coefficient (Wildman–Crippen LogP) is 8.16. The summed E-state index contributed by atoms with van der Waals surface area (Å²) in [7, 11) is 1.73. The molecule has 5 rings (SSSR count). The average Bonchev–Trinajstić information content (AvgIpc) is 3.19. The van der Waals surface area contributed by atoms with E-state index in [1.165, 1.54) is 4.90 Å². The second-order valence-electron chi connectivity index (χ2n) is 14.0. The van der Waals surface area contributed by atoms with Crippen LogP contribution in [0.3, 0.4) is 0 Å². The number of carbonyl (C=O) groups is 1. The molecule has 1 heterocycles. The number of unbranched alkanes of at least 4 members (excludes halogenated alkanes) is 2. The zero-order chi connectivity index (χ0) is 38.3. The first-order valence-corrected chi connectivity index (χ1v) is 20.4. The highest BCUT2D eigenvalue weighted by molar-refractivity contribution is 7.99. The molecule has 0 saturated heterocycles. The van der Waals surface area contributed by atoms with E-state index in [1.54, 1.807) is 35.9 Å². The lowest BCUT2D eigenvalue weighted by Crippen LogP contribution is -2.69. The number of thioether (sulfide) groups is 1. The lowest BCUT2D eigenvalue weighted by molar-refractivity contribution is -0.253. The second kappa shape index (κ2) is 20.8. The zero-order valence-corrected chi connectivity index (χ0v) is 32.7. The highest BCUT2D eigenvalue weighted by Gasteiger charge is 2.65. The van der Waals surface area contributed by atoms with Crippen LogP contribution in [0.25, 0.3) is 0 Å².